The molecule has 1 aliphatic carbocycles. The number of hydrogen-bond acceptors (Lipinski definition) is 4. The lowest BCUT2D eigenvalue weighted by Crippen LogP contribution is -2.31. The zero-order valence-electron chi connectivity index (χ0n) is 8.97. The van der Waals surface area contributed by atoms with Crippen molar-refractivity contribution < 1.29 is 23.1 Å². The Morgan fingerprint density at radius 3 is 2.44 bits per heavy atom. The molecule has 0 spiro atoms. The maximum absolute atomic E-state index is 11.3. The first-order valence-electron chi connectivity index (χ1n) is 5.08. The predicted octanol–water partition coefficient (Wildman–Crippen LogP) is -0.742. The van der Waals surface area contributed by atoms with E-state index in [0.717, 1.165) is 0 Å². The van der Waals surface area contributed by atoms with E-state index in [1.165, 1.54) is 0 Å². The molecule has 2 unspecified atom stereocenters. The maximum Gasteiger partial charge on any atom is 0.307 e. The Kier molecular flexibility index (Phi) is 3.90. The number of amides is 1. The van der Waals surface area contributed by atoms with Crippen molar-refractivity contribution in [2.75, 3.05) is 18.1 Å². The molecular weight excluding hydrogens is 234 g/mol. The van der Waals surface area contributed by atoms with Gasteiger partial charge in [-0.25, -0.2) is 8.42 Å². The second-order valence-electron chi connectivity index (χ2n) is 3.81. The van der Waals surface area contributed by atoms with Crippen molar-refractivity contribution in [2.24, 2.45) is 11.8 Å². The van der Waals surface area contributed by atoms with Crippen LogP contribution < -0.4 is 5.32 Å². The van der Waals surface area contributed by atoms with Gasteiger partial charge in [0.15, 0.2) is 9.84 Å². The van der Waals surface area contributed by atoms with Crippen LogP contribution in [0.5, 0.6) is 0 Å². The summed E-state index contributed by atoms with van der Waals surface area (Å²) in [6, 6.07) is 0. The fourth-order valence-corrected chi connectivity index (χ4v) is 2.06. The van der Waals surface area contributed by atoms with Crippen LogP contribution in [0.4, 0.5) is 0 Å². The van der Waals surface area contributed by atoms with Crippen molar-refractivity contribution in [2.45, 2.75) is 13.3 Å². The van der Waals surface area contributed by atoms with E-state index < -0.39 is 27.6 Å². The van der Waals surface area contributed by atoms with Gasteiger partial charge in [-0.1, -0.05) is 6.92 Å². The normalized spacial score (nSPS) is 23.8. The molecule has 92 valence electrons. The molecule has 0 aromatic rings. The lowest BCUT2D eigenvalue weighted by molar-refractivity contribution is -0.140. The number of nitrogens with one attached hydrogen (secondary N) is 1. The van der Waals surface area contributed by atoms with E-state index >= 15 is 0 Å². The van der Waals surface area contributed by atoms with Gasteiger partial charge in [-0.3, -0.25) is 9.59 Å². The highest BCUT2D eigenvalue weighted by Gasteiger charge is 2.48. The number of carbonyl (C=O) groups excluding carboxylic acids is 1. The number of sulfone groups is 1. The molecule has 0 aromatic heterocycles. The summed E-state index contributed by atoms with van der Waals surface area (Å²) < 4.78 is 22.2. The first-order chi connectivity index (χ1) is 7.37. The molecular formula is C9H15NO5S. The average molecular weight is 249 g/mol. The summed E-state index contributed by atoms with van der Waals surface area (Å²) in [7, 11) is -3.08. The maximum atomic E-state index is 11.3. The van der Waals surface area contributed by atoms with Crippen LogP contribution in [0.1, 0.15) is 13.3 Å². The van der Waals surface area contributed by atoms with Gasteiger partial charge >= 0.3 is 5.97 Å². The molecule has 0 saturated heterocycles. The summed E-state index contributed by atoms with van der Waals surface area (Å²) in [5.74, 6) is -2.46. The van der Waals surface area contributed by atoms with Crippen LogP contribution >= 0.6 is 0 Å². The molecule has 0 aliphatic heterocycles. The van der Waals surface area contributed by atoms with Gasteiger partial charge in [0.25, 0.3) is 0 Å². The topological polar surface area (TPSA) is 101 Å². The van der Waals surface area contributed by atoms with Crippen LogP contribution in [-0.2, 0) is 19.4 Å². The van der Waals surface area contributed by atoms with Gasteiger partial charge in [-0.2, -0.15) is 0 Å². The highest BCUT2D eigenvalue weighted by Crippen LogP contribution is 2.38. The summed E-state index contributed by atoms with van der Waals surface area (Å²) in [6.45, 7) is 1.59. The first-order valence-corrected chi connectivity index (χ1v) is 6.90. The molecule has 0 bridgehead atoms. The monoisotopic (exact) mass is 249 g/mol. The van der Waals surface area contributed by atoms with Gasteiger partial charge in [-0.15, -0.1) is 0 Å². The first kappa shape index (κ1) is 13.0. The molecule has 1 saturated carbocycles. The molecule has 0 heterocycles. The molecule has 2 N–H and O–H groups in total. The van der Waals surface area contributed by atoms with Crippen molar-refractivity contribution in [1.82, 2.24) is 5.32 Å². The number of aliphatic carboxylic acids is 1. The Morgan fingerprint density at radius 1 is 1.38 bits per heavy atom. The van der Waals surface area contributed by atoms with E-state index in [4.69, 9.17) is 5.11 Å². The smallest absolute Gasteiger partial charge is 0.307 e. The lowest BCUT2D eigenvalue weighted by atomic mass is 10.3. The third kappa shape index (κ3) is 3.48. The van der Waals surface area contributed by atoms with Crippen molar-refractivity contribution in [3.05, 3.63) is 0 Å². The summed E-state index contributed by atoms with van der Waals surface area (Å²) in [4.78, 5) is 21.8. The number of carboxylic acid groups (broad SMARTS) is 1. The van der Waals surface area contributed by atoms with E-state index in [9.17, 15) is 18.0 Å². The van der Waals surface area contributed by atoms with E-state index in [1.807, 2.05) is 0 Å². The zero-order valence-corrected chi connectivity index (χ0v) is 9.79. The van der Waals surface area contributed by atoms with Crippen molar-refractivity contribution in [1.29, 1.82) is 0 Å². The second kappa shape index (κ2) is 4.82. The Balaban J connectivity index is 2.25. The molecule has 0 radical (unpaired) electrons. The SMILES string of the molecule is CCS(=O)(=O)CCNC(=O)C1CC1C(=O)O. The van der Waals surface area contributed by atoms with Gasteiger partial charge in [-0.05, 0) is 6.42 Å². The summed E-state index contributed by atoms with van der Waals surface area (Å²) in [5.41, 5.74) is 0. The highest BCUT2D eigenvalue weighted by atomic mass is 32.2. The fraction of sp³-hybridized carbons (Fsp3) is 0.778. The number of carbonyl (C=O) groups is 2. The van der Waals surface area contributed by atoms with Gasteiger partial charge in [0.1, 0.15) is 0 Å². The molecule has 1 aliphatic rings. The van der Waals surface area contributed by atoms with Crippen molar-refractivity contribution in [3.63, 3.8) is 0 Å². The standard InChI is InChI=1S/C9H15NO5S/c1-2-16(14,15)4-3-10-8(11)6-5-7(6)9(12)13/h6-7H,2-5H2,1H3,(H,10,11)(H,12,13). The van der Waals surface area contributed by atoms with Gasteiger partial charge in [0.2, 0.25) is 5.91 Å². The van der Waals surface area contributed by atoms with Gasteiger partial charge in [0, 0.05) is 12.3 Å². The minimum atomic E-state index is -3.08. The summed E-state index contributed by atoms with van der Waals surface area (Å²) >= 11 is 0. The molecule has 2 atom stereocenters. The Bertz CT molecular complexity index is 389. The Labute approximate surface area is 93.9 Å². The quantitative estimate of drug-likeness (QED) is 0.645. The number of rotatable bonds is 6. The predicted molar refractivity (Wildman–Crippen MR) is 56.6 cm³/mol. The molecule has 1 fully saturated rings. The van der Waals surface area contributed by atoms with Gasteiger partial charge < -0.3 is 10.4 Å². The van der Waals surface area contributed by atoms with Crippen LogP contribution in [0, 0.1) is 11.8 Å². The Hall–Kier alpha value is -1.11. The van der Waals surface area contributed by atoms with Crippen LogP contribution in [0.15, 0.2) is 0 Å². The Morgan fingerprint density at radius 2 is 2.00 bits per heavy atom. The van der Waals surface area contributed by atoms with Crippen LogP contribution in [0.2, 0.25) is 0 Å². The van der Waals surface area contributed by atoms with Crippen LogP contribution in [-0.4, -0.2) is 43.5 Å². The van der Waals surface area contributed by atoms with E-state index in [-0.39, 0.29) is 24.0 Å². The number of carboxylic acids is 1. The molecule has 7 heteroatoms. The fourth-order valence-electron chi connectivity index (χ4n) is 1.36. The molecule has 0 aromatic carbocycles. The zero-order chi connectivity index (χ0) is 12.3. The molecule has 1 rings (SSSR count). The largest absolute Gasteiger partial charge is 0.481 e. The minimum Gasteiger partial charge on any atom is -0.481 e. The van der Waals surface area contributed by atoms with E-state index in [1.54, 1.807) is 6.92 Å². The summed E-state index contributed by atoms with van der Waals surface area (Å²) in [6.07, 6.45) is 0.349. The molecule has 16 heavy (non-hydrogen) atoms. The van der Waals surface area contributed by atoms with Gasteiger partial charge in [0.05, 0.1) is 17.6 Å². The van der Waals surface area contributed by atoms with Crippen LogP contribution in [0.25, 0.3) is 0 Å². The lowest BCUT2D eigenvalue weighted by Gasteiger charge is -2.04. The minimum absolute atomic E-state index is 0.0457. The average Bonchev–Trinajstić information content (AvgIpc) is 2.96. The molecule has 1 amide bonds. The third-order valence-electron chi connectivity index (χ3n) is 2.60. The summed E-state index contributed by atoms with van der Waals surface area (Å²) in [5, 5.41) is 11.0. The number of hydrogen-bond donors (Lipinski definition) is 2. The van der Waals surface area contributed by atoms with Crippen molar-refractivity contribution in [3.8, 4) is 0 Å². The highest BCUT2D eigenvalue weighted by molar-refractivity contribution is 7.91. The van der Waals surface area contributed by atoms with Crippen LogP contribution in [0.3, 0.4) is 0 Å². The van der Waals surface area contributed by atoms with Crippen molar-refractivity contribution >= 4 is 21.7 Å². The van der Waals surface area contributed by atoms with E-state index in [0.29, 0.717) is 6.42 Å². The second-order valence-corrected chi connectivity index (χ2v) is 6.29. The third-order valence-corrected chi connectivity index (χ3v) is 4.30. The molecule has 6 nitrogen and oxygen atoms in total. The van der Waals surface area contributed by atoms with E-state index in [2.05, 4.69) is 5.32 Å².